The van der Waals surface area contributed by atoms with E-state index in [-0.39, 0.29) is 25.5 Å². The Kier molecular flexibility index (Phi) is 3.77. The van der Waals surface area contributed by atoms with Crippen molar-refractivity contribution < 1.29 is 23.1 Å². The average molecular weight is 274 g/mol. The molecule has 1 atom stereocenters. The molecule has 2 N–H and O–H groups in total. The van der Waals surface area contributed by atoms with E-state index in [1.165, 1.54) is 11.1 Å². The fourth-order valence-corrected chi connectivity index (χ4v) is 2.11. The predicted molar refractivity (Wildman–Crippen MR) is 60.7 cm³/mol. The van der Waals surface area contributed by atoms with Crippen molar-refractivity contribution >= 4 is 5.91 Å². The van der Waals surface area contributed by atoms with Crippen LogP contribution < -0.4 is 5.43 Å². The summed E-state index contributed by atoms with van der Waals surface area (Å²) in [6.07, 6.45) is -4.32. The van der Waals surface area contributed by atoms with Crippen molar-refractivity contribution in [3.05, 3.63) is 35.4 Å². The van der Waals surface area contributed by atoms with Gasteiger partial charge in [0.25, 0.3) is 0 Å². The summed E-state index contributed by atoms with van der Waals surface area (Å²) in [7, 11) is 0. The van der Waals surface area contributed by atoms with E-state index in [1.54, 1.807) is 6.07 Å². The minimum atomic E-state index is -4.41. The Hall–Kier alpha value is -1.60. The molecule has 1 fully saturated rings. The fourth-order valence-electron chi connectivity index (χ4n) is 2.11. The molecule has 1 unspecified atom stereocenters. The molecule has 1 heterocycles. The molecule has 0 bridgehead atoms. The number of hydrogen-bond acceptors (Lipinski definition) is 3. The van der Waals surface area contributed by atoms with E-state index in [0.717, 1.165) is 12.1 Å². The second-order valence-corrected chi connectivity index (χ2v) is 4.30. The molecule has 0 spiro atoms. The first kappa shape index (κ1) is 13.8. The molecular formula is C12H13F3N2O2. The minimum absolute atomic E-state index is 0.0846. The molecule has 1 aromatic carbocycles. The highest BCUT2D eigenvalue weighted by molar-refractivity contribution is 5.78. The lowest BCUT2D eigenvalue weighted by Crippen LogP contribution is -2.36. The number of rotatable bonds is 3. The van der Waals surface area contributed by atoms with Crippen LogP contribution in [0.25, 0.3) is 0 Å². The van der Waals surface area contributed by atoms with E-state index in [9.17, 15) is 18.0 Å². The van der Waals surface area contributed by atoms with Gasteiger partial charge in [0.2, 0.25) is 5.91 Å². The number of hydrazine groups is 1. The van der Waals surface area contributed by atoms with Crippen molar-refractivity contribution in [2.75, 3.05) is 13.2 Å². The van der Waals surface area contributed by atoms with Gasteiger partial charge in [-0.15, -0.1) is 0 Å². The number of alkyl halides is 3. The maximum absolute atomic E-state index is 12.6. The Morgan fingerprint density at radius 1 is 1.42 bits per heavy atom. The normalized spacial score (nSPS) is 20.6. The first-order valence-corrected chi connectivity index (χ1v) is 5.76. The molecule has 2 rings (SSSR count). The summed E-state index contributed by atoms with van der Waals surface area (Å²) >= 11 is 0. The van der Waals surface area contributed by atoms with E-state index >= 15 is 0 Å². The number of hydrogen-bond donors (Lipinski definition) is 2. The highest BCUT2D eigenvalue weighted by atomic mass is 19.4. The first-order valence-electron chi connectivity index (χ1n) is 5.76. The number of β-amino-alcohol motifs (C(OH)–C–C–N with tert-alkyl or cyclic N) is 1. The molecule has 0 radical (unpaired) electrons. The fraction of sp³-hybridized carbons (Fsp3) is 0.417. The second kappa shape index (κ2) is 5.18. The summed E-state index contributed by atoms with van der Waals surface area (Å²) in [5.41, 5.74) is 2.18. The Morgan fingerprint density at radius 3 is 2.79 bits per heavy atom. The average Bonchev–Trinajstić information content (AvgIpc) is 2.70. The lowest BCUT2D eigenvalue weighted by Gasteiger charge is -2.23. The monoisotopic (exact) mass is 274 g/mol. The van der Waals surface area contributed by atoms with Gasteiger partial charge in [0.15, 0.2) is 0 Å². The number of aliphatic hydroxyl groups excluding tert-OH is 1. The molecule has 1 saturated heterocycles. The van der Waals surface area contributed by atoms with Gasteiger partial charge in [-0.3, -0.25) is 10.2 Å². The van der Waals surface area contributed by atoms with Gasteiger partial charge in [-0.1, -0.05) is 12.1 Å². The van der Waals surface area contributed by atoms with Crippen molar-refractivity contribution in [3.8, 4) is 0 Å². The number of nitrogens with zero attached hydrogens (tertiary/aromatic N) is 1. The van der Waals surface area contributed by atoms with Crippen LogP contribution in [0.5, 0.6) is 0 Å². The van der Waals surface area contributed by atoms with Crippen LogP contribution in [-0.2, 0) is 11.0 Å². The van der Waals surface area contributed by atoms with E-state index < -0.39 is 17.8 Å². The molecule has 1 aromatic rings. The van der Waals surface area contributed by atoms with Gasteiger partial charge in [0.1, 0.15) is 0 Å². The van der Waals surface area contributed by atoms with Crippen molar-refractivity contribution in [1.82, 2.24) is 10.4 Å². The minimum Gasteiger partial charge on any atom is -0.395 e. The van der Waals surface area contributed by atoms with Gasteiger partial charge >= 0.3 is 6.18 Å². The lowest BCUT2D eigenvalue weighted by atomic mass is 10.0. The molecule has 0 saturated carbocycles. The van der Waals surface area contributed by atoms with E-state index in [1.807, 2.05) is 0 Å². The largest absolute Gasteiger partial charge is 0.416 e. The molecule has 1 amide bonds. The molecule has 19 heavy (non-hydrogen) atoms. The molecule has 1 aliphatic rings. The molecular weight excluding hydrogens is 261 g/mol. The van der Waals surface area contributed by atoms with Gasteiger partial charge in [0.05, 0.1) is 18.2 Å². The molecule has 104 valence electrons. The van der Waals surface area contributed by atoms with Gasteiger partial charge in [-0.2, -0.15) is 13.2 Å². The summed E-state index contributed by atoms with van der Waals surface area (Å²) in [4.78, 5) is 11.3. The summed E-state index contributed by atoms with van der Waals surface area (Å²) in [5, 5.41) is 10.3. The Morgan fingerprint density at radius 2 is 2.16 bits per heavy atom. The summed E-state index contributed by atoms with van der Waals surface area (Å²) in [6, 6.07) is 4.41. The first-order chi connectivity index (χ1) is 8.91. The van der Waals surface area contributed by atoms with Crippen LogP contribution in [0.3, 0.4) is 0 Å². The smallest absolute Gasteiger partial charge is 0.395 e. The van der Waals surface area contributed by atoms with Crippen LogP contribution in [-0.4, -0.2) is 29.2 Å². The Labute approximate surface area is 107 Å². The van der Waals surface area contributed by atoms with E-state index in [0.29, 0.717) is 5.56 Å². The second-order valence-electron chi connectivity index (χ2n) is 4.30. The van der Waals surface area contributed by atoms with Crippen LogP contribution in [0.1, 0.15) is 23.6 Å². The zero-order valence-electron chi connectivity index (χ0n) is 9.94. The van der Waals surface area contributed by atoms with Crippen LogP contribution >= 0.6 is 0 Å². The van der Waals surface area contributed by atoms with Gasteiger partial charge in [0, 0.05) is 13.0 Å². The molecule has 0 aliphatic carbocycles. The summed E-state index contributed by atoms with van der Waals surface area (Å²) in [5.74, 6) is -0.268. The third kappa shape index (κ3) is 3.05. The predicted octanol–water partition coefficient (Wildman–Crippen LogP) is 1.48. The number of aliphatic hydroxyl groups is 1. The van der Waals surface area contributed by atoms with Crippen LogP contribution in [0, 0.1) is 0 Å². The van der Waals surface area contributed by atoms with Crippen LogP contribution in [0.2, 0.25) is 0 Å². The standard InChI is InChI=1S/C12H13F3N2O2/c13-12(14,15)9-3-1-2-8(6-9)10-7-11(19)16-17(10)4-5-18/h1-3,6,10,18H,4-5,7H2,(H,16,19). The van der Waals surface area contributed by atoms with Gasteiger partial charge in [-0.25, -0.2) is 5.01 Å². The molecule has 0 aromatic heterocycles. The van der Waals surface area contributed by atoms with Crippen molar-refractivity contribution in [3.63, 3.8) is 0 Å². The van der Waals surface area contributed by atoms with Crippen molar-refractivity contribution in [2.45, 2.75) is 18.6 Å². The summed E-state index contributed by atoms with van der Waals surface area (Å²) in [6.45, 7) is -0.0115. The topological polar surface area (TPSA) is 52.6 Å². The number of halogens is 3. The van der Waals surface area contributed by atoms with Gasteiger partial charge in [-0.05, 0) is 17.7 Å². The number of carbonyl (C=O) groups excluding carboxylic acids is 1. The molecule has 4 nitrogen and oxygen atoms in total. The number of carbonyl (C=O) groups is 1. The zero-order valence-corrected chi connectivity index (χ0v) is 9.94. The third-order valence-electron chi connectivity index (χ3n) is 2.96. The number of nitrogens with one attached hydrogen (secondary N) is 1. The van der Waals surface area contributed by atoms with E-state index in [2.05, 4.69) is 5.43 Å². The highest BCUT2D eigenvalue weighted by Crippen LogP contribution is 2.33. The Bertz CT molecular complexity index is 476. The number of amides is 1. The maximum Gasteiger partial charge on any atom is 0.416 e. The van der Waals surface area contributed by atoms with Crippen LogP contribution in [0.15, 0.2) is 24.3 Å². The lowest BCUT2D eigenvalue weighted by molar-refractivity contribution is -0.137. The SMILES string of the molecule is O=C1CC(c2cccc(C(F)(F)F)c2)N(CCO)N1. The highest BCUT2D eigenvalue weighted by Gasteiger charge is 2.34. The van der Waals surface area contributed by atoms with Crippen molar-refractivity contribution in [2.24, 2.45) is 0 Å². The van der Waals surface area contributed by atoms with Crippen LogP contribution in [0.4, 0.5) is 13.2 Å². The Balaban J connectivity index is 2.28. The molecule has 1 aliphatic heterocycles. The van der Waals surface area contributed by atoms with E-state index in [4.69, 9.17) is 5.11 Å². The third-order valence-corrected chi connectivity index (χ3v) is 2.96. The zero-order chi connectivity index (χ0) is 14.0. The summed E-state index contributed by atoms with van der Waals surface area (Å²) < 4.78 is 37.9. The molecule has 7 heteroatoms. The quantitative estimate of drug-likeness (QED) is 0.877. The van der Waals surface area contributed by atoms with Gasteiger partial charge < -0.3 is 5.11 Å². The van der Waals surface area contributed by atoms with Crippen molar-refractivity contribution in [1.29, 1.82) is 0 Å². The maximum atomic E-state index is 12.6. The number of benzene rings is 1.